The molecular formula is C13H14BrClFN3. The third-order valence-electron chi connectivity index (χ3n) is 2.88. The Morgan fingerprint density at radius 1 is 1.53 bits per heavy atom. The molecule has 19 heavy (non-hydrogen) atoms. The van der Waals surface area contributed by atoms with Crippen LogP contribution in [-0.2, 0) is 6.54 Å². The first-order valence-corrected chi connectivity index (χ1v) is 7.14. The molecule has 1 aromatic carbocycles. The molecule has 0 saturated carbocycles. The summed E-state index contributed by atoms with van der Waals surface area (Å²) in [6, 6.07) is 4.23. The van der Waals surface area contributed by atoms with E-state index in [-0.39, 0.29) is 5.02 Å². The fourth-order valence-corrected chi connectivity index (χ4v) is 2.70. The topological polar surface area (TPSA) is 43.8 Å². The Hall–Kier alpha value is -0.910. The second kappa shape index (κ2) is 6.03. The summed E-state index contributed by atoms with van der Waals surface area (Å²) in [5, 5.41) is 4.31. The summed E-state index contributed by atoms with van der Waals surface area (Å²) < 4.78 is 16.6. The number of aromatic nitrogens is 2. The first-order chi connectivity index (χ1) is 9.06. The molecule has 0 aliphatic carbocycles. The molecule has 3 nitrogen and oxygen atoms in total. The van der Waals surface area contributed by atoms with E-state index in [2.05, 4.69) is 21.0 Å². The van der Waals surface area contributed by atoms with Gasteiger partial charge in [0, 0.05) is 12.1 Å². The lowest BCUT2D eigenvalue weighted by molar-refractivity contribution is 0.544. The Bertz CT molecular complexity index is 585. The summed E-state index contributed by atoms with van der Waals surface area (Å²) in [5.41, 5.74) is 7.29. The number of rotatable bonds is 4. The smallest absolute Gasteiger partial charge is 0.146 e. The fraction of sp³-hybridized carbons (Fsp3) is 0.308. The van der Waals surface area contributed by atoms with Crippen molar-refractivity contribution in [1.29, 1.82) is 0 Å². The molecular weight excluding hydrogens is 333 g/mol. The summed E-state index contributed by atoms with van der Waals surface area (Å²) in [6.45, 7) is 2.78. The van der Waals surface area contributed by atoms with Gasteiger partial charge in [-0.15, -0.1) is 0 Å². The predicted molar refractivity (Wildman–Crippen MR) is 77.7 cm³/mol. The third kappa shape index (κ3) is 2.83. The molecule has 2 rings (SSSR count). The van der Waals surface area contributed by atoms with Gasteiger partial charge in [0.05, 0.1) is 27.4 Å². The Labute approximate surface area is 124 Å². The van der Waals surface area contributed by atoms with Gasteiger partial charge in [0.1, 0.15) is 5.82 Å². The summed E-state index contributed by atoms with van der Waals surface area (Å²) in [7, 11) is 0. The predicted octanol–water partition coefficient (Wildman–Crippen LogP) is 3.90. The second-order valence-electron chi connectivity index (χ2n) is 4.22. The molecule has 0 aliphatic rings. The van der Waals surface area contributed by atoms with Crippen LogP contribution in [0.1, 0.15) is 30.6 Å². The highest BCUT2D eigenvalue weighted by molar-refractivity contribution is 9.10. The fourth-order valence-electron chi connectivity index (χ4n) is 1.98. The highest BCUT2D eigenvalue weighted by atomic mass is 79.9. The lowest BCUT2D eigenvalue weighted by Gasteiger charge is -2.16. The zero-order valence-electron chi connectivity index (χ0n) is 10.4. The van der Waals surface area contributed by atoms with Gasteiger partial charge in [-0.25, -0.2) is 4.39 Å². The van der Waals surface area contributed by atoms with Crippen LogP contribution in [0.4, 0.5) is 4.39 Å². The van der Waals surface area contributed by atoms with Gasteiger partial charge < -0.3 is 5.73 Å². The number of nitrogens with two attached hydrogens (primary N) is 1. The quantitative estimate of drug-likeness (QED) is 0.912. The number of nitrogens with zero attached hydrogens (tertiary/aromatic N) is 2. The molecule has 1 heterocycles. The van der Waals surface area contributed by atoms with Gasteiger partial charge in [-0.1, -0.05) is 30.7 Å². The maximum absolute atomic E-state index is 14.0. The second-order valence-corrected chi connectivity index (χ2v) is 5.48. The number of benzene rings is 1. The van der Waals surface area contributed by atoms with Crippen molar-refractivity contribution in [3.8, 4) is 0 Å². The number of halogens is 3. The van der Waals surface area contributed by atoms with E-state index in [1.165, 1.54) is 6.07 Å². The number of hydrogen-bond donors (Lipinski definition) is 1. The van der Waals surface area contributed by atoms with Crippen molar-refractivity contribution < 1.29 is 4.39 Å². The van der Waals surface area contributed by atoms with E-state index in [0.717, 1.165) is 23.1 Å². The van der Waals surface area contributed by atoms with Gasteiger partial charge >= 0.3 is 0 Å². The van der Waals surface area contributed by atoms with Crippen molar-refractivity contribution >= 4 is 27.5 Å². The Morgan fingerprint density at radius 2 is 2.26 bits per heavy atom. The van der Waals surface area contributed by atoms with Gasteiger partial charge in [0.25, 0.3) is 0 Å². The lowest BCUT2D eigenvalue weighted by Crippen LogP contribution is -2.19. The minimum atomic E-state index is -0.609. The summed E-state index contributed by atoms with van der Waals surface area (Å²) >= 11 is 9.20. The molecule has 1 unspecified atom stereocenters. The van der Waals surface area contributed by atoms with Crippen molar-refractivity contribution in [2.24, 2.45) is 5.73 Å². The summed E-state index contributed by atoms with van der Waals surface area (Å²) in [4.78, 5) is 0. The van der Waals surface area contributed by atoms with Gasteiger partial charge in [-0.3, -0.25) is 4.68 Å². The highest BCUT2D eigenvalue weighted by Gasteiger charge is 2.21. The molecule has 0 aliphatic heterocycles. The minimum Gasteiger partial charge on any atom is -0.319 e. The van der Waals surface area contributed by atoms with Crippen LogP contribution in [0.3, 0.4) is 0 Å². The van der Waals surface area contributed by atoms with Crippen LogP contribution < -0.4 is 5.73 Å². The van der Waals surface area contributed by atoms with Crippen LogP contribution in [0.15, 0.2) is 28.9 Å². The molecule has 2 N–H and O–H groups in total. The van der Waals surface area contributed by atoms with E-state index in [0.29, 0.717) is 5.56 Å². The van der Waals surface area contributed by atoms with Crippen molar-refractivity contribution in [2.75, 3.05) is 0 Å². The zero-order chi connectivity index (χ0) is 14.0. The average Bonchev–Trinajstić information content (AvgIpc) is 2.74. The molecule has 0 amide bonds. The van der Waals surface area contributed by atoms with E-state index in [4.69, 9.17) is 17.3 Å². The standard InChI is InChI=1S/C13H14BrClFN3/c1-2-6-19-13(9(14)7-18-19)12(17)8-4-3-5-10(15)11(8)16/h3-5,7,12H,2,6,17H2,1H3. The molecule has 2 aromatic rings. The number of aryl methyl sites for hydroxylation is 1. The van der Waals surface area contributed by atoms with E-state index >= 15 is 0 Å². The lowest BCUT2D eigenvalue weighted by atomic mass is 10.0. The van der Waals surface area contributed by atoms with Crippen molar-refractivity contribution in [1.82, 2.24) is 9.78 Å². The SMILES string of the molecule is CCCn1ncc(Br)c1C(N)c1cccc(Cl)c1F. The summed E-state index contributed by atoms with van der Waals surface area (Å²) in [6.07, 6.45) is 2.60. The molecule has 102 valence electrons. The normalized spacial score (nSPS) is 12.7. The van der Waals surface area contributed by atoms with E-state index in [1.54, 1.807) is 23.0 Å². The van der Waals surface area contributed by atoms with Crippen LogP contribution in [0.2, 0.25) is 5.02 Å². The van der Waals surface area contributed by atoms with Gasteiger partial charge in [0.15, 0.2) is 0 Å². The Kier molecular flexibility index (Phi) is 4.60. The Balaban J connectivity index is 2.46. The third-order valence-corrected chi connectivity index (χ3v) is 3.78. The summed E-state index contributed by atoms with van der Waals surface area (Å²) in [5.74, 6) is -0.479. The minimum absolute atomic E-state index is 0.0747. The van der Waals surface area contributed by atoms with Gasteiger partial charge in [-0.05, 0) is 28.4 Å². The van der Waals surface area contributed by atoms with Crippen molar-refractivity contribution in [3.05, 3.63) is 51.0 Å². The first-order valence-electron chi connectivity index (χ1n) is 5.97. The number of hydrogen-bond acceptors (Lipinski definition) is 2. The van der Waals surface area contributed by atoms with Crippen LogP contribution in [-0.4, -0.2) is 9.78 Å². The molecule has 0 bridgehead atoms. The maximum atomic E-state index is 14.0. The first kappa shape index (κ1) is 14.5. The zero-order valence-corrected chi connectivity index (χ0v) is 12.7. The molecule has 0 saturated heterocycles. The monoisotopic (exact) mass is 345 g/mol. The van der Waals surface area contributed by atoms with Gasteiger partial charge in [-0.2, -0.15) is 5.10 Å². The van der Waals surface area contributed by atoms with Gasteiger partial charge in [0.2, 0.25) is 0 Å². The van der Waals surface area contributed by atoms with E-state index in [9.17, 15) is 4.39 Å². The molecule has 1 aromatic heterocycles. The molecule has 6 heteroatoms. The van der Waals surface area contributed by atoms with E-state index < -0.39 is 11.9 Å². The van der Waals surface area contributed by atoms with Crippen LogP contribution in [0, 0.1) is 5.82 Å². The van der Waals surface area contributed by atoms with Crippen molar-refractivity contribution in [3.63, 3.8) is 0 Å². The molecule has 0 spiro atoms. The largest absolute Gasteiger partial charge is 0.319 e. The van der Waals surface area contributed by atoms with Crippen molar-refractivity contribution in [2.45, 2.75) is 25.9 Å². The molecule has 0 fully saturated rings. The molecule has 0 radical (unpaired) electrons. The van der Waals surface area contributed by atoms with Crippen LogP contribution in [0.5, 0.6) is 0 Å². The highest BCUT2D eigenvalue weighted by Crippen LogP contribution is 2.30. The Morgan fingerprint density at radius 3 is 2.95 bits per heavy atom. The van der Waals surface area contributed by atoms with Crippen LogP contribution in [0.25, 0.3) is 0 Å². The van der Waals surface area contributed by atoms with Crippen LogP contribution >= 0.6 is 27.5 Å². The molecule has 1 atom stereocenters. The maximum Gasteiger partial charge on any atom is 0.146 e. The average molecular weight is 347 g/mol. The van der Waals surface area contributed by atoms with E-state index in [1.807, 2.05) is 6.92 Å².